The maximum atomic E-state index is 14.5. The number of para-hydroxylation sites is 1. The highest BCUT2D eigenvalue weighted by molar-refractivity contribution is 6.33. The number of rotatable bonds is 11. The molecular formula is C32H40ClN3O6. The molecular weight excluding hydrogens is 558 g/mol. The fourth-order valence-corrected chi connectivity index (χ4v) is 7.53. The number of fused-ring (bicyclic) bond motifs is 1. The Kier molecular flexibility index (Phi) is 8.56. The molecule has 0 aromatic heterocycles. The van der Waals surface area contributed by atoms with Gasteiger partial charge >= 0.3 is 0 Å². The van der Waals surface area contributed by atoms with E-state index in [1.165, 1.54) is 4.90 Å². The van der Waals surface area contributed by atoms with Gasteiger partial charge in [0.05, 0.1) is 47.4 Å². The number of likely N-dealkylation sites (tertiary alicyclic amines) is 1. The van der Waals surface area contributed by atoms with Crippen molar-refractivity contribution in [3.05, 3.63) is 53.6 Å². The van der Waals surface area contributed by atoms with Crippen LogP contribution in [0.4, 0.5) is 11.4 Å². The third kappa shape index (κ3) is 5.05. The van der Waals surface area contributed by atoms with Gasteiger partial charge in [-0.1, -0.05) is 44.5 Å². The zero-order valence-corrected chi connectivity index (χ0v) is 25.3. The first-order chi connectivity index (χ1) is 20.1. The van der Waals surface area contributed by atoms with Gasteiger partial charge in [-0.25, -0.2) is 0 Å². The normalized spacial score (nSPS) is 28.6. The second-order valence-corrected chi connectivity index (χ2v) is 12.4. The van der Waals surface area contributed by atoms with E-state index in [9.17, 15) is 19.5 Å². The fourth-order valence-electron chi connectivity index (χ4n) is 7.35. The lowest BCUT2D eigenvalue weighted by Gasteiger charge is -2.38. The predicted octanol–water partition coefficient (Wildman–Crippen LogP) is 4.88. The van der Waals surface area contributed by atoms with Crippen LogP contribution >= 0.6 is 11.6 Å². The van der Waals surface area contributed by atoms with E-state index in [4.69, 9.17) is 21.1 Å². The van der Waals surface area contributed by atoms with E-state index < -0.39 is 41.0 Å². The molecule has 3 N–H and O–H groups in total. The average molecular weight is 598 g/mol. The van der Waals surface area contributed by atoms with Crippen molar-refractivity contribution in [2.24, 2.45) is 17.8 Å². The van der Waals surface area contributed by atoms with Gasteiger partial charge in [0.1, 0.15) is 17.4 Å². The van der Waals surface area contributed by atoms with E-state index in [0.29, 0.717) is 54.4 Å². The van der Waals surface area contributed by atoms with Crippen molar-refractivity contribution in [1.82, 2.24) is 4.90 Å². The summed E-state index contributed by atoms with van der Waals surface area (Å²) in [4.78, 5) is 44.2. The van der Waals surface area contributed by atoms with Crippen LogP contribution in [0.15, 0.2) is 48.5 Å². The number of hydrogen-bond donors (Lipinski definition) is 3. The van der Waals surface area contributed by atoms with Gasteiger partial charge in [0, 0.05) is 5.69 Å². The molecule has 6 atom stereocenters. The number of aliphatic hydroxyl groups excluding tert-OH is 1. The van der Waals surface area contributed by atoms with Crippen molar-refractivity contribution < 1.29 is 29.0 Å². The molecule has 10 heteroatoms. The van der Waals surface area contributed by atoms with Gasteiger partial charge in [0.15, 0.2) is 0 Å². The Morgan fingerprint density at radius 3 is 2.43 bits per heavy atom. The number of halogens is 1. The molecule has 2 bridgehead atoms. The van der Waals surface area contributed by atoms with Gasteiger partial charge in [-0.15, -0.1) is 0 Å². The number of aliphatic hydroxyl groups is 1. The topological polar surface area (TPSA) is 117 Å². The number of carbonyl (C=O) groups excluding carboxylic acids is 3. The summed E-state index contributed by atoms with van der Waals surface area (Å²) in [5, 5.41) is 16.7. The van der Waals surface area contributed by atoms with Gasteiger partial charge < -0.3 is 30.1 Å². The summed E-state index contributed by atoms with van der Waals surface area (Å²) >= 11 is 6.37. The summed E-state index contributed by atoms with van der Waals surface area (Å²) in [5.41, 5.74) is -1.11. The Balaban J connectivity index is 1.53. The Hall–Kier alpha value is -3.14. The molecule has 3 aliphatic rings. The standard InChI is InChI=1S/C32H40ClN3O6/c1-5-31-15-16-32(42-31)26(25(31)28(38)34-20-11-13-22(14-12-20)41-6-2)30(40)36(21(18-37)17-19(3)4)27(32)29(39)35-24-10-8-7-9-23(24)33/h7-14,19,21,25-27,37H,5-6,15-18H2,1-4H3,(H,34,38)(H,35,39)/t21-,25+,26+,27?,31-,32?/m1/s1. The molecule has 2 aromatic carbocycles. The second kappa shape index (κ2) is 11.9. The number of anilines is 2. The lowest BCUT2D eigenvalue weighted by Crippen LogP contribution is -2.56. The van der Waals surface area contributed by atoms with Crippen molar-refractivity contribution in [3.8, 4) is 5.75 Å². The Morgan fingerprint density at radius 1 is 1.10 bits per heavy atom. The van der Waals surface area contributed by atoms with Crippen LogP contribution in [0.25, 0.3) is 0 Å². The minimum absolute atomic E-state index is 0.151. The average Bonchev–Trinajstić information content (AvgIpc) is 3.57. The molecule has 0 aliphatic carbocycles. The fraction of sp³-hybridized carbons (Fsp3) is 0.531. The molecule has 3 amide bonds. The van der Waals surface area contributed by atoms with Crippen LogP contribution in [-0.4, -0.2) is 64.2 Å². The number of nitrogens with one attached hydrogen (secondary N) is 2. The van der Waals surface area contributed by atoms with E-state index in [1.807, 2.05) is 27.7 Å². The molecule has 1 spiro atoms. The lowest BCUT2D eigenvalue weighted by molar-refractivity contribution is -0.148. The maximum absolute atomic E-state index is 14.5. The van der Waals surface area contributed by atoms with E-state index in [1.54, 1.807) is 48.5 Å². The van der Waals surface area contributed by atoms with Crippen LogP contribution in [0.1, 0.15) is 53.4 Å². The second-order valence-electron chi connectivity index (χ2n) is 12.0. The van der Waals surface area contributed by atoms with Crippen molar-refractivity contribution >= 4 is 40.7 Å². The van der Waals surface area contributed by atoms with Gasteiger partial charge in [0.2, 0.25) is 17.7 Å². The Morgan fingerprint density at radius 2 is 1.81 bits per heavy atom. The third-order valence-electron chi connectivity index (χ3n) is 9.06. The first-order valence-corrected chi connectivity index (χ1v) is 15.2. The van der Waals surface area contributed by atoms with Crippen LogP contribution in [0.5, 0.6) is 5.75 Å². The molecule has 3 saturated heterocycles. The summed E-state index contributed by atoms with van der Waals surface area (Å²) in [6.45, 7) is 8.07. The van der Waals surface area contributed by atoms with Crippen LogP contribution in [0.3, 0.4) is 0 Å². The molecule has 226 valence electrons. The van der Waals surface area contributed by atoms with Crippen LogP contribution < -0.4 is 15.4 Å². The summed E-state index contributed by atoms with van der Waals surface area (Å²) in [6.07, 6.45) is 1.98. The molecule has 2 unspecified atom stereocenters. The number of benzene rings is 2. The molecule has 0 saturated carbocycles. The van der Waals surface area contributed by atoms with Crippen molar-refractivity contribution in [1.29, 1.82) is 0 Å². The molecule has 9 nitrogen and oxygen atoms in total. The maximum Gasteiger partial charge on any atom is 0.250 e. The van der Waals surface area contributed by atoms with Crippen LogP contribution in [-0.2, 0) is 19.1 Å². The monoisotopic (exact) mass is 597 g/mol. The summed E-state index contributed by atoms with van der Waals surface area (Å²) in [5.74, 6) is -1.95. The molecule has 0 radical (unpaired) electrons. The van der Waals surface area contributed by atoms with Crippen molar-refractivity contribution in [2.75, 3.05) is 23.8 Å². The van der Waals surface area contributed by atoms with Gasteiger partial charge in [-0.3, -0.25) is 14.4 Å². The molecule has 3 fully saturated rings. The van der Waals surface area contributed by atoms with Crippen molar-refractivity contribution in [2.45, 2.75) is 76.7 Å². The molecule has 3 heterocycles. The highest BCUT2D eigenvalue weighted by atomic mass is 35.5. The summed E-state index contributed by atoms with van der Waals surface area (Å²) < 4.78 is 12.3. The largest absolute Gasteiger partial charge is 0.494 e. The molecule has 5 rings (SSSR count). The van der Waals surface area contributed by atoms with E-state index in [0.717, 1.165) is 0 Å². The minimum Gasteiger partial charge on any atom is -0.494 e. The van der Waals surface area contributed by atoms with E-state index in [2.05, 4.69) is 10.6 Å². The molecule has 42 heavy (non-hydrogen) atoms. The van der Waals surface area contributed by atoms with Gasteiger partial charge in [-0.05, 0) is 74.9 Å². The van der Waals surface area contributed by atoms with Gasteiger partial charge in [0.25, 0.3) is 0 Å². The highest BCUT2D eigenvalue weighted by Gasteiger charge is 2.79. The molecule has 2 aromatic rings. The Labute approximate surface area is 251 Å². The van der Waals surface area contributed by atoms with E-state index >= 15 is 0 Å². The Bertz CT molecular complexity index is 1340. The highest BCUT2D eigenvalue weighted by Crippen LogP contribution is 2.64. The molecule has 3 aliphatic heterocycles. The van der Waals surface area contributed by atoms with E-state index in [-0.39, 0.29) is 24.3 Å². The predicted molar refractivity (Wildman–Crippen MR) is 160 cm³/mol. The SMILES string of the molecule is CCOc1ccc(NC(=O)[C@@H]2[C@H]3C(=O)N([C@@H](CO)CC(C)C)C(C(=O)Nc4ccccc4Cl)C34CC[C@@]2(CC)O4)cc1. The minimum atomic E-state index is -1.22. The summed E-state index contributed by atoms with van der Waals surface area (Å²) in [7, 11) is 0. The first kappa shape index (κ1) is 30.3. The quantitative estimate of drug-likeness (QED) is 0.340. The number of nitrogens with zero attached hydrogens (tertiary/aromatic N) is 1. The van der Waals surface area contributed by atoms with Gasteiger partial charge in [-0.2, -0.15) is 0 Å². The number of amides is 3. The zero-order chi connectivity index (χ0) is 30.2. The van der Waals surface area contributed by atoms with Crippen LogP contribution in [0.2, 0.25) is 5.02 Å². The third-order valence-corrected chi connectivity index (χ3v) is 9.39. The lowest BCUT2D eigenvalue weighted by atomic mass is 9.65. The van der Waals surface area contributed by atoms with Crippen molar-refractivity contribution in [3.63, 3.8) is 0 Å². The van der Waals surface area contributed by atoms with Crippen LogP contribution in [0, 0.1) is 17.8 Å². The summed E-state index contributed by atoms with van der Waals surface area (Å²) in [6, 6.07) is 12.3. The number of ether oxygens (including phenoxy) is 2. The first-order valence-electron chi connectivity index (χ1n) is 14.8. The number of carbonyl (C=O) groups is 3. The zero-order valence-electron chi connectivity index (χ0n) is 24.6. The number of hydrogen-bond acceptors (Lipinski definition) is 6. The smallest absolute Gasteiger partial charge is 0.250 e.